The molecule has 2 fully saturated rings. The first kappa shape index (κ1) is 16.1. The van der Waals surface area contributed by atoms with Crippen LogP contribution >= 0.6 is 0 Å². The number of carbonyl (C=O) groups is 1. The van der Waals surface area contributed by atoms with Gasteiger partial charge in [-0.05, 0) is 44.6 Å². The first-order chi connectivity index (χ1) is 11.3. The zero-order chi connectivity index (χ0) is 16.1. The van der Waals surface area contributed by atoms with Gasteiger partial charge in [0, 0.05) is 24.7 Å². The second-order valence-corrected chi connectivity index (χ2v) is 6.44. The van der Waals surface area contributed by atoms with Crippen LogP contribution < -0.4 is 10.1 Å². The number of ether oxygens (including phenoxy) is 1. The number of benzene rings is 1. The number of carbonyl (C=O) groups excluding carboxylic acids is 1. The predicted octanol–water partition coefficient (Wildman–Crippen LogP) is 2.67. The molecule has 2 aliphatic carbocycles. The molecule has 0 spiro atoms. The van der Waals surface area contributed by atoms with Crippen LogP contribution in [0.25, 0.3) is 0 Å². The number of nitrogens with one attached hydrogen (secondary N) is 1. The van der Waals surface area contributed by atoms with Gasteiger partial charge >= 0.3 is 6.03 Å². The van der Waals surface area contributed by atoms with Crippen molar-refractivity contribution in [2.24, 2.45) is 0 Å². The Morgan fingerprint density at radius 2 is 1.96 bits per heavy atom. The van der Waals surface area contributed by atoms with E-state index in [0.29, 0.717) is 25.2 Å². The van der Waals surface area contributed by atoms with Crippen LogP contribution in [0.3, 0.4) is 0 Å². The van der Waals surface area contributed by atoms with Crippen molar-refractivity contribution in [3.05, 3.63) is 29.8 Å². The summed E-state index contributed by atoms with van der Waals surface area (Å²) in [5.41, 5.74) is 1.01. The Hall–Kier alpha value is -1.75. The zero-order valence-electron chi connectivity index (χ0n) is 13.5. The topological polar surface area (TPSA) is 61.8 Å². The molecule has 23 heavy (non-hydrogen) atoms. The maximum Gasteiger partial charge on any atom is 0.317 e. The standard InChI is InChI=1S/C18H26N2O3/c21-12-11-20(15-9-10-15)18(22)19-13-14-5-1-4-8-17(14)23-16-6-2-3-7-16/h1,4-5,8,15-16,21H,2-3,6-7,9-13H2,(H,19,22). The summed E-state index contributed by atoms with van der Waals surface area (Å²) in [6.45, 7) is 0.860. The number of nitrogens with zero attached hydrogens (tertiary/aromatic N) is 1. The van der Waals surface area contributed by atoms with Gasteiger partial charge in [-0.2, -0.15) is 0 Å². The fourth-order valence-corrected chi connectivity index (χ4v) is 3.17. The molecule has 3 rings (SSSR count). The smallest absolute Gasteiger partial charge is 0.317 e. The van der Waals surface area contributed by atoms with E-state index in [2.05, 4.69) is 5.32 Å². The molecule has 0 radical (unpaired) electrons. The minimum absolute atomic E-state index is 0.00526. The molecule has 2 N–H and O–H groups in total. The quantitative estimate of drug-likeness (QED) is 0.812. The van der Waals surface area contributed by atoms with Gasteiger partial charge in [-0.1, -0.05) is 18.2 Å². The molecule has 0 unspecified atom stereocenters. The van der Waals surface area contributed by atoms with Crippen molar-refractivity contribution in [1.29, 1.82) is 0 Å². The van der Waals surface area contributed by atoms with E-state index in [0.717, 1.165) is 37.0 Å². The lowest BCUT2D eigenvalue weighted by Gasteiger charge is -2.22. The molecular formula is C18H26N2O3. The molecule has 0 aromatic heterocycles. The molecule has 0 heterocycles. The molecule has 0 saturated heterocycles. The lowest BCUT2D eigenvalue weighted by atomic mass is 10.2. The van der Waals surface area contributed by atoms with Gasteiger partial charge in [0.1, 0.15) is 5.75 Å². The summed E-state index contributed by atoms with van der Waals surface area (Å²) in [4.78, 5) is 14.0. The van der Waals surface area contributed by atoms with Crippen LogP contribution in [0.5, 0.6) is 5.75 Å². The molecule has 2 saturated carbocycles. The highest BCUT2D eigenvalue weighted by molar-refractivity contribution is 5.75. The number of hydrogen-bond acceptors (Lipinski definition) is 3. The van der Waals surface area contributed by atoms with Gasteiger partial charge in [0.05, 0.1) is 12.7 Å². The molecule has 0 bridgehead atoms. The van der Waals surface area contributed by atoms with E-state index < -0.39 is 0 Å². The third-order valence-corrected chi connectivity index (χ3v) is 4.59. The van der Waals surface area contributed by atoms with E-state index in [1.807, 2.05) is 24.3 Å². The van der Waals surface area contributed by atoms with Crippen LogP contribution in [0.1, 0.15) is 44.1 Å². The van der Waals surface area contributed by atoms with Crippen LogP contribution in [-0.2, 0) is 6.54 Å². The van der Waals surface area contributed by atoms with Gasteiger partial charge in [-0.25, -0.2) is 4.79 Å². The number of hydrogen-bond donors (Lipinski definition) is 2. The Morgan fingerprint density at radius 1 is 1.22 bits per heavy atom. The Bertz CT molecular complexity index is 525. The van der Waals surface area contributed by atoms with E-state index in [-0.39, 0.29) is 12.6 Å². The maximum absolute atomic E-state index is 12.3. The second-order valence-electron chi connectivity index (χ2n) is 6.44. The third-order valence-electron chi connectivity index (χ3n) is 4.59. The van der Waals surface area contributed by atoms with Crippen molar-refractivity contribution >= 4 is 6.03 Å². The van der Waals surface area contributed by atoms with Crippen molar-refractivity contribution < 1.29 is 14.6 Å². The number of urea groups is 1. The Labute approximate surface area is 137 Å². The molecule has 126 valence electrons. The van der Waals surface area contributed by atoms with E-state index in [4.69, 9.17) is 9.84 Å². The fraction of sp³-hybridized carbons (Fsp3) is 0.611. The minimum atomic E-state index is -0.0998. The van der Waals surface area contributed by atoms with Gasteiger partial charge < -0.3 is 20.1 Å². The van der Waals surface area contributed by atoms with Crippen molar-refractivity contribution in [3.8, 4) is 5.75 Å². The Morgan fingerprint density at radius 3 is 2.65 bits per heavy atom. The summed E-state index contributed by atoms with van der Waals surface area (Å²) in [6.07, 6.45) is 7.09. The van der Waals surface area contributed by atoms with Crippen molar-refractivity contribution in [1.82, 2.24) is 10.2 Å². The highest BCUT2D eigenvalue weighted by Crippen LogP contribution is 2.28. The highest BCUT2D eigenvalue weighted by atomic mass is 16.5. The monoisotopic (exact) mass is 318 g/mol. The van der Waals surface area contributed by atoms with Crippen LogP contribution in [0, 0.1) is 0 Å². The number of aliphatic hydroxyl groups excluding tert-OH is 1. The Balaban J connectivity index is 1.57. The normalized spacial score (nSPS) is 18.0. The molecule has 1 aromatic carbocycles. The van der Waals surface area contributed by atoms with E-state index in [1.54, 1.807) is 4.90 Å². The van der Waals surface area contributed by atoms with Crippen LogP contribution in [-0.4, -0.2) is 41.3 Å². The molecule has 0 aliphatic heterocycles. The largest absolute Gasteiger partial charge is 0.490 e. The first-order valence-corrected chi connectivity index (χ1v) is 8.68. The lowest BCUT2D eigenvalue weighted by Crippen LogP contribution is -2.42. The lowest BCUT2D eigenvalue weighted by molar-refractivity contribution is 0.173. The summed E-state index contributed by atoms with van der Waals surface area (Å²) in [6, 6.07) is 8.11. The number of aliphatic hydroxyl groups is 1. The predicted molar refractivity (Wildman–Crippen MR) is 88.4 cm³/mol. The SMILES string of the molecule is O=C(NCc1ccccc1OC1CCCC1)N(CCO)C1CC1. The number of para-hydroxylation sites is 1. The first-order valence-electron chi connectivity index (χ1n) is 8.68. The molecule has 5 heteroatoms. The van der Waals surface area contributed by atoms with E-state index in [1.165, 1.54) is 12.8 Å². The summed E-state index contributed by atoms with van der Waals surface area (Å²) in [7, 11) is 0. The van der Waals surface area contributed by atoms with E-state index >= 15 is 0 Å². The average molecular weight is 318 g/mol. The molecule has 5 nitrogen and oxygen atoms in total. The Kier molecular flexibility index (Phi) is 5.39. The second kappa shape index (κ2) is 7.68. The maximum atomic E-state index is 12.3. The van der Waals surface area contributed by atoms with Crippen LogP contribution in [0.4, 0.5) is 4.79 Å². The van der Waals surface area contributed by atoms with Crippen molar-refractivity contribution in [3.63, 3.8) is 0 Å². The minimum Gasteiger partial charge on any atom is -0.490 e. The van der Waals surface area contributed by atoms with Crippen LogP contribution in [0.15, 0.2) is 24.3 Å². The summed E-state index contributed by atoms with van der Waals surface area (Å²) < 4.78 is 6.10. The van der Waals surface area contributed by atoms with Gasteiger partial charge in [-0.15, -0.1) is 0 Å². The van der Waals surface area contributed by atoms with E-state index in [9.17, 15) is 4.79 Å². The van der Waals surface area contributed by atoms with Crippen molar-refractivity contribution in [2.75, 3.05) is 13.2 Å². The summed E-state index contributed by atoms with van der Waals surface area (Å²) in [5.74, 6) is 0.875. The molecule has 2 aliphatic rings. The fourth-order valence-electron chi connectivity index (χ4n) is 3.17. The molecule has 1 aromatic rings. The highest BCUT2D eigenvalue weighted by Gasteiger charge is 2.32. The van der Waals surface area contributed by atoms with Crippen molar-refractivity contribution in [2.45, 2.75) is 57.2 Å². The summed E-state index contributed by atoms with van der Waals surface area (Å²) in [5, 5.41) is 12.1. The average Bonchev–Trinajstić information content (AvgIpc) is 3.28. The molecule has 2 amide bonds. The van der Waals surface area contributed by atoms with Gasteiger partial charge in [0.2, 0.25) is 0 Å². The van der Waals surface area contributed by atoms with Gasteiger partial charge in [0.25, 0.3) is 0 Å². The number of rotatable bonds is 7. The number of amides is 2. The van der Waals surface area contributed by atoms with Gasteiger partial charge in [0.15, 0.2) is 0 Å². The zero-order valence-corrected chi connectivity index (χ0v) is 13.5. The van der Waals surface area contributed by atoms with Crippen LogP contribution in [0.2, 0.25) is 0 Å². The van der Waals surface area contributed by atoms with Gasteiger partial charge in [-0.3, -0.25) is 0 Å². The summed E-state index contributed by atoms with van der Waals surface area (Å²) >= 11 is 0. The molecule has 0 atom stereocenters. The third kappa shape index (κ3) is 4.38. The molecular weight excluding hydrogens is 292 g/mol.